The van der Waals surface area contributed by atoms with Crippen molar-refractivity contribution in [3.05, 3.63) is 11.8 Å². The molecule has 2 heterocycles. The first-order chi connectivity index (χ1) is 6.74. The third kappa shape index (κ3) is 2.29. The van der Waals surface area contributed by atoms with E-state index in [4.69, 9.17) is 5.73 Å². The zero-order valence-corrected chi connectivity index (χ0v) is 8.97. The minimum atomic E-state index is 0.343. The van der Waals surface area contributed by atoms with Crippen molar-refractivity contribution in [2.45, 2.75) is 6.92 Å². The molecule has 0 bridgehead atoms. The van der Waals surface area contributed by atoms with Crippen LogP contribution in [-0.4, -0.2) is 28.0 Å². The van der Waals surface area contributed by atoms with E-state index in [0.717, 1.165) is 24.0 Å². The van der Waals surface area contributed by atoms with E-state index in [9.17, 15) is 0 Å². The summed E-state index contributed by atoms with van der Waals surface area (Å²) in [5.74, 6) is 4.48. The first kappa shape index (κ1) is 9.58. The summed E-state index contributed by atoms with van der Waals surface area (Å²) in [6.07, 6.45) is 0. The van der Waals surface area contributed by atoms with Gasteiger partial charge in [0.15, 0.2) is 0 Å². The Morgan fingerprint density at radius 2 is 2.36 bits per heavy atom. The van der Waals surface area contributed by atoms with E-state index in [0.29, 0.717) is 5.95 Å². The summed E-state index contributed by atoms with van der Waals surface area (Å²) in [6.45, 7) is 2.91. The number of hydrogen-bond donors (Lipinski definition) is 2. The van der Waals surface area contributed by atoms with Gasteiger partial charge in [-0.1, -0.05) is 0 Å². The predicted octanol–water partition coefficient (Wildman–Crippen LogP) is 1.14. The van der Waals surface area contributed by atoms with Gasteiger partial charge in [-0.15, -0.1) is 0 Å². The molecule has 1 saturated heterocycles. The van der Waals surface area contributed by atoms with Crippen molar-refractivity contribution in [1.82, 2.24) is 9.97 Å². The van der Waals surface area contributed by atoms with Gasteiger partial charge in [0, 0.05) is 18.3 Å². The molecule has 76 valence electrons. The van der Waals surface area contributed by atoms with Crippen LogP contribution in [0.25, 0.3) is 0 Å². The quantitative estimate of drug-likeness (QED) is 0.783. The number of nitrogens with two attached hydrogens (primary N) is 1. The van der Waals surface area contributed by atoms with E-state index in [1.165, 1.54) is 11.5 Å². The molecular weight excluding hydrogens is 196 g/mol. The molecule has 0 spiro atoms. The van der Waals surface area contributed by atoms with Crippen LogP contribution in [-0.2, 0) is 0 Å². The number of hydrogen-bond acceptors (Lipinski definition) is 5. The molecule has 0 saturated carbocycles. The Balaban J connectivity index is 1.94. The maximum absolute atomic E-state index is 5.55. The third-order valence-electron chi connectivity index (χ3n) is 2.15. The summed E-state index contributed by atoms with van der Waals surface area (Å²) in [5.41, 5.74) is 6.45. The maximum Gasteiger partial charge on any atom is 0.222 e. The fraction of sp³-hybridized carbons (Fsp3) is 0.556. The zero-order chi connectivity index (χ0) is 9.97. The summed E-state index contributed by atoms with van der Waals surface area (Å²) >= 11 is 1.99. The van der Waals surface area contributed by atoms with Crippen LogP contribution in [0.3, 0.4) is 0 Å². The highest BCUT2D eigenvalue weighted by Crippen LogP contribution is 2.24. The third-order valence-corrected chi connectivity index (χ3v) is 3.56. The van der Waals surface area contributed by atoms with Crippen LogP contribution < -0.4 is 11.1 Å². The van der Waals surface area contributed by atoms with E-state index < -0.39 is 0 Å². The highest BCUT2D eigenvalue weighted by molar-refractivity contribution is 8.00. The van der Waals surface area contributed by atoms with Crippen molar-refractivity contribution in [3.63, 3.8) is 0 Å². The summed E-state index contributed by atoms with van der Waals surface area (Å²) in [4.78, 5) is 8.13. The number of aromatic nitrogens is 2. The molecule has 5 heteroatoms. The Kier molecular flexibility index (Phi) is 2.77. The van der Waals surface area contributed by atoms with Gasteiger partial charge in [0.05, 0.1) is 0 Å². The van der Waals surface area contributed by atoms with Gasteiger partial charge in [-0.3, -0.25) is 0 Å². The normalized spacial score (nSPS) is 16.4. The average molecular weight is 210 g/mol. The second-order valence-electron chi connectivity index (χ2n) is 3.54. The summed E-state index contributed by atoms with van der Waals surface area (Å²) in [6, 6.07) is 1.92. The van der Waals surface area contributed by atoms with Gasteiger partial charge in [-0.25, -0.2) is 4.98 Å². The Morgan fingerprint density at radius 1 is 1.57 bits per heavy atom. The number of anilines is 2. The number of aryl methyl sites for hydroxylation is 1. The van der Waals surface area contributed by atoms with Crippen LogP contribution in [0.5, 0.6) is 0 Å². The van der Waals surface area contributed by atoms with Crippen LogP contribution >= 0.6 is 11.8 Å². The highest BCUT2D eigenvalue weighted by atomic mass is 32.2. The molecule has 0 radical (unpaired) electrons. The number of thioether (sulfide) groups is 1. The van der Waals surface area contributed by atoms with Crippen molar-refractivity contribution in [2.24, 2.45) is 5.92 Å². The SMILES string of the molecule is Cc1cc(NCC2CSC2)nc(N)n1. The Hall–Kier alpha value is -0.970. The molecule has 3 N–H and O–H groups in total. The molecule has 0 amide bonds. The van der Waals surface area contributed by atoms with Crippen LogP contribution in [0.4, 0.5) is 11.8 Å². The van der Waals surface area contributed by atoms with Gasteiger partial charge in [-0.05, 0) is 24.3 Å². The number of nitrogens with one attached hydrogen (secondary N) is 1. The minimum absolute atomic E-state index is 0.343. The highest BCUT2D eigenvalue weighted by Gasteiger charge is 2.17. The lowest BCUT2D eigenvalue weighted by Crippen LogP contribution is -2.26. The molecule has 1 aromatic heterocycles. The molecule has 14 heavy (non-hydrogen) atoms. The molecule has 2 rings (SSSR count). The lowest BCUT2D eigenvalue weighted by molar-refractivity contribution is 0.676. The minimum Gasteiger partial charge on any atom is -0.370 e. The molecule has 0 aromatic carbocycles. The van der Waals surface area contributed by atoms with E-state index in [1.54, 1.807) is 0 Å². The topological polar surface area (TPSA) is 63.8 Å². The molecule has 1 aliphatic rings. The predicted molar refractivity (Wildman–Crippen MR) is 60.5 cm³/mol. The van der Waals surface area contributed by atoms with Gasteiger partial charge in [0.1, 0.15) is 5.82 Å². The Bertz CT molecular complexity index is 304. The van der Waals surface area contributed by atoms with Gasteiger partial charge in [0.25, 0.3) is 0 Å². The molecule has 0 atom stereocenters. The number of nitrogen functional groups attached to an aromatic ring is 1. The van der Waals surface area contributed by atoms with E-state index in [2.05, 4.69) is 15.3 Å². The molecule has 0 aliphatic carbocycles. The summed E-state index contributed by atoms with van der Waals surface area (Å²) in [7, 11) is 0. The van der Waals surface area contributed by atoms with Gasteiger partial charge in [0.2, 0.25) is 5.95 Å². The second-order valence-corrected chi connectivity index (χ2v) is 4.61. The van der Waals surface area contributed by atoms with Crippen LogP contribution in [0.1, 0.15) is 5.69 Å². The Morgan fingerprint density at radius 3 is 2.93 bits per heavy atom. The molecule has 4 nitrogen and oxygen atoms in total. The van der Waals surface area contributed by atoms with E-state index >= 15 is 0 Å². The summed E-state index contributed by atoms with van der Waals surface area (Å²) in [5, 5.41) is 3.28. The first-order valence-corrected chi connectivity index (χ1v) is 5.82. The van der Waals surface area contributed by atoms with Crippen molar-refractivity contribution in [3.8, 4) is 0 Å². The molecular formula is C9H14N4S. The van der Waals surface area contributed by atoms with Crippen LogP contribution in [0, 0.1) is 12.8 Å². The van der Waals surface area contributed by atoms with Crippen LogP contribution in [0.15, 0.2) is 6.07 Å². The van der Waals surface area contributed by atoms with E-state index in [-0.39, 0.29) is 0 Å². The molecule has 1 fully saturated rings. The molecule has 0 unspecified atom stereocenters. The van der Waals surface area contributed by atoms with Crippen LogP contribution in [0.2, 0.25) is 0 Å². The lowest BCUT2D eigenvalue weighted by Gasteiger charge is -2.25. The van der Waals surface area contributed by atoms with Gasteiger partial charge < -0.3 is 11.1 Å². The number of rotatable bonds is 3. The first-order valence-electron chi connectivity index (χ1n) is 4.67. The van der Waals surface area contributed by atoms with Crippen molar-refractivity contribution < 1.29 is 0 Å². The van der Waals surface area contributed by atoms with Crippen molar-refractivity contribution >= 4 is 23.5 Å². The maximum atomic E-state index is 5.55. The summed E-state index contributed by atoms with van der Waals surface area (Å²) < 4.78 is 0. The number of nitrogens with zero attached hydrogens (tertiary/aromatic N) is 2. The van der Waals surface area contributed by atoms with Gasteiger partial charge >= 0.3 is 0 Å². The van der Waals surface area contributed by atoms with E-state index in [1.807, 2.05) is 24.8 Å². The average Bonchev–Trinajstić information content (AvgIpc) is 1.99. The van der Waals surface area contributed by atoms with Crippen molar-refractivity contribution in [1.29, 1.82) is 0 Å². The van der Waals surface area contributed by atoms with Crippen molar-refractivity contribution in [2.75, 3.05) is 29.1 Å². The lowest BCUT2D eigenvalue weighted by atomic mass is 10.2. The molecule has 1 aliphatic heterocycles. The van der Waals surface area contributed by atoms with Gasteiger partial charge in [-0.2, -0.15) is 16.7 Å². The largest absolute Gasteiger partial charge is 0.370 e. The fourth-order valence-electron chi connectivity index (χ4n) is 1.33. The smallest absolute Gasteiger partial charge is 0.222 e. The fourth-order valence-corrected chi connectivity index (χ4v) is 2.14. The second kappa shape index (κ2) is 4.04. The zero-order valence-electron chi connectivity index (χ0n) is 8.16. The Labute approximate surface area is 87.7 Å². The molecule has 1 aromatic rings. The standard InChI is InChI=1S/C9H14N4S/c1-6-2-8(13-9(10)12-6)11-3-7-4-14-5-7/h2,7H,3-5H2,1H3,(H3,10,11,12,13). The monoisotopic (exact) mass is 210 g/mol.